The zero-order valence-corrected chi connectivity index (χ0v) is 15.8. The molecule has 1 atom stereocenters. The van der Waals surface area contributed by atoms with Crippen LogP contribution in [0.2, 0.25) is 5.02 Å². The van der Waals surface area contributed by atoms with Gasteiger partial charge in [-0.3, -0.25) is 4.68 Å². The van der Waals surface area contributed by atoms with E-state index in [4.69, 9.17) is 11.6 Å². The number of carbonyl (C=O) groups is 1. The molecule has 0 bridgehead atoms. The van der Waals surface area contributed by atoms with Gasteiger partial charge in [0.25, 0.3) is 0 Å². The van der Waals surface area contributed by atoms with Crippen LogP contribution in [-0.2, 0) is 19.6 Å². The number of carbonyl (C=O) groups excluding carboxylic acids is 1. The number of nitrogens with one attached hydrogen (secondary N) is 1. The molecule has 7 nitrogen and oxygen atoms in total. The fraction of sp³-hybridized carbons (Fsp3) is 0.444. The van der Waals surface area contributed by atoms with Crippen molar-refractivity contribution in [2.24, 2.45) is 0 Å². The second kappa shape index (κ2) is 8.07. The molecule has 3 rings (SSSR count). The van der Waals surface area contributed by atoms with Gasteiger partial charge in [-0.05, 0) is 37.9 Å². The minimum absolute atomic E-state index is 0.109. The van der Waals surface area contributed by atoms with Crippen LogP contribution in [0.25, 0.3) is 0 Å². The molecule has 0 aliphatic carbocycles. The second-order valence-corrected chi connectivity index (χ2v) is 7.20. The molecule has 0 unspecified atom stereocenters. The van der Waals surface area contributed by atoms with Crippen LogP contribution >= 0.6 is 11.6 Å². The Hall–Kier alpha value is -2.09. The predicted octanol–water partition coefficient (Wildman–Crippen LogP) is 1.86. The SMILES string of the molecule is CN(C)C[C@H](O)c1cc2n(n1)CCN(C(=O)NCc1ccc(Cl)cc1)C2. The summed E-state index contributed by atoms with van der Waals surface area (Å²) in [5, 5.41) is 18.3. The number of aliphatic hydroxyl groups is 1. The zero-order chi connectivity index (χ0) is 18.7. The van der Waals surface area contributed by atoms with E-state index >= 15 is 0 Å². The van der Waals surface area contributed by atoms with Gasteiger partial charge < -0.3 is 20.2 Å². The van der Waals surface area contributed by atoms with Gasteiger partial charge >= 0.3 is 6.03 Å². The highest BCUT2D eigenvalue weighted by Crippen LogP contribution is 2.19. The average molecular weight is 378 g/mol. The Labute approximate surface area is 158 Å². The quantitative estimate of drug-likeness (QED) is 0.834. The van der Waals surface area contributed by atoms with Crippen LogP contribution < -0.4 is 5.32 Å². The average Bonchev–Trinajstić information content (AvgIpc) is 3.04. The molecule has 2 heterocycles. The Morgan fingerprint density at radius 1 is 1.35 bits per heavy atom. The summed E-state index contributed by atoms with van der Waals surface area (Å²) in [6.07, 6.45) is -0.629. The number of benzene rings is 1. The fourth-order valence-corrected chi connectivity index (χ4v) is 3.08. The third-order valence-corrected chi connectivity index (χ3v) is 4.59. The number of aliphatic hydroxyl groups excluding tert-OH is 1. The molecule has 26 heavy (non-hydrogen) atoms. The minimum Gasteiger partial charge on any atom is -0.385 e. The molecular weight excluding hydrogens is 354 g/mol. The molecule has 0 radical (unpaired) electrons. The van der Waals surface area contributed by atoms with Crippen molar-refractivity contribution in [3.05, 3.63) is 52.3 Å². The molecule has 0 saturated heterocycles. The van der Waals surface area contributed by atoms with Crippen molar-refractivity contribution in [1.82, 2.24) is 24.9 Å². The molecule has 8 heteroatoms. The van der Waals surface area contributed by atoms with Gasteiger partial charge in [0.2, 0.25) is 0 Å². The first-order valence-corrected chi connectivity index (χ1v) is 8.97. The van der Waals surface area contributed by atoms with E-state index in [0.717, 1.165) is 11.3 Å². The molecule has 1 aromatic carbocycles. The van der Waals surface area contributed by atoms with Gasteiger partial charge in [-0.1, -0.05) is 23.7 Å². The lowest BCUT2D eigenvalue weighted by Gasteiger charge is -2.27. The van der Waals surface area contributed by atoms with Gasteiger partial charge in [0.15, 0.2) is 0 Å². The van der Waals surface area contributed by atoms with E-state index < -0.39 is 6.10 Å². The van der Waals surface area contributed by atoms with Crippen LogP contribution in [0.5, 0.6) is 0 Å². The van der Waals surface area contributed by atoms with E-state index in [9.17, 15) is 9.90 Å². The topological polar surface area (TPSA) is 73.6 Å². The largest absolute Gasteiger partial charge is 0.385 e. The summed E-state index contributed by atoms with van der Waals surface area (Å²) in [6, 6.07) is 9.18. The molecule has 1 aliphatic rings. The monoisotopic (exact) mass is 377 g/mol. The maximum Gasteiger partial charge on any atom is 0.318 e. The highest BCUT2D eigenvalue weighted by Gasteiger charge is 2.24. The van der Waals surface area contributed by atoms with Crippen molar-refractivity contribution in [2.75, 3.05) is 27.2 Å². The molecule has 2 N–H and O–H groups in total. The first-order valence-electron chi connectivity index (χ1n) is 8.59. The van der Waals surface area contributed by atoms with E-state index in [1.807, 2.05) is 54.0 Å². The van der Waals surface area contributed by atoms with E-state index in [1.165, 1.54) is 0 Å². The number of hydrogen-bond acceptors (Lipinski definition) is 4. The van der Waals surface area contributed by atoms with Crippen molar-refractivity contribution in [2.45, 2.75) is 25.7 Å². The number of nitrogens with zero attached hydrogens (tertiary/aromatic N) is 4. The number of fused-ring (bicyclic) bond motifs is 1. The number of rotatable bonds is 5. The molecule has 2 amide bonds. The lowest BCUT2D eigenvalue weighted by molar-refractivity contribution is 0.133. The maximum absolute atomic E-state index is 12.4. The highest BCUT2D eigenvalue weighted by atomic mass is 35.5. The number of aromatic nitrogens is 2. The van der Waals surface area contributed by atoms with Crippen molar-refractivity contribution < 1.29 is 9.90 Å². The third-order valence-electron chi connectivity index (χ3n) is 4.34. The summed E-state index contributed by atoms with van der Waals surface area (Å²) in [7, 11) is 3.82. The molecule has 1 aromatic heterocycles. The Morgan fingerprint density at radius 2 is 2.08 bits per heavy atom. The highest BCUT2D eigenvalue weighted by molar-refractivity contribution is 6.30. The molecule has 2 aromatic rings. The summed E-state index contributed by atoms with van der Waals surface area (Å²) in [4.78, 5) is 16.1. The van der Waals surface area contributed by atoms with Crippen molar-refractivity contribution in [3.8, 4) is 0 Å². The van der Waals surface area contributed by atoms with Gasteiger partial charge in [0.1, 0.15) is 6.10 Å². The van der Waals surface area contributed by atoms with Gasteiger partial charge in [-0.25, -0.2) is 4.79 Å². The lowest BCUT2D eigenvalue weighted by Crippen LogP contribution is -2.43. The third kappa shape index (κ3) is 4.55. The maximum atomic E-state index is 12.4. The molecule has 0 spiro atoms. The summed E-state index contributed by atoms with van der Waals surface area (Å²) >= 11 is 5.87. The standard InChI is InChI=1S/C18H24ClN5O2/c1-22(2)12-17(25)16-9-15-11-23(7-8-24(15)21-16)18(26)20-10-13-3-5-14(19)6-4-13/h3-6,9,17,25H,7-8,10-12H2,1-2H3,(H,20,26)/t17-/m0/s1. The summed E-state index contributed by atoms with van der Waals surface area (Å²) in [6.45, 7) is 2.66. The first kappa shape index (κ1) is 18.7. The van der Waals surface area contributed by atoms with E-state index in [0.29, 0.717) is 43.4 Å². The normalized spacial score (nSPS) is 15.0. The number of urea groups is 1. The number of amides is 2. The minimum atomic E-state index is -0.629. The fourth-order valence-electron chi connectivity index (χ4n) is 2.96. The van der Waals surface area contributed by atoms with Gasteiger partial charge in [0, 0.05) is 24.7 Å². The van der Waals surface area contributed by atoms with Crippen LogP contribution in [0.4, 0.5) is 4.79 Å². The van der Waals surface area contributed by atoms with Crippen LogP contribution in [-0.4, -0.2) is 57.9 Å². The number of hydrogen-bond donors (Lipinski definition) is 2. The first-order chi connectivity index (χ1) is 12.4. The summed E-state index contributed by atoms with van der Waals surface area (Å²) < 4.78 is 1.87. The van der Waals surface area contributed by atoms with E-state index in [1.54, 1.807) is 4.90 Å². The van der Waals surface area contributed by atoms with Gasteiger partial charge in [0.05, 0.1) is 24.5 Å². The van der Waals surface area contributed by atoms with Crippen molar-refractivity contribution in [3.63, 3.8) is 0 Å². The number of halogens is 1. The van der Waals surface area contributed by atoms with Crippen LogP contribution in [0.15, 0.2) is 30.3 Å². The Kier molecular flexibility index (Phi) is 5.80. The molecular formula is C18H24ClN5O2. The lowest BCUT2D eigenvalue weighted by atomic mass is 10.2. The molecule has 1 aliphatic heterocycles. The summed E-state index contributed by atoms with van der Waals surface area (Å²) in [5.41, 5.74) is 2.58. The Bertz CT molecular complexity index is 759. The molecule has 0 saturated carbocycles. The van der Waals surface area contributed by atoms with Gasteiger partial charge in [-0.2, -0.15) is 5.10 Å². The Balaban J connectivity index is 1.58. The smallest absolute Gasteiger partial charge is 0.318 e. The second-order valence-electron chi connectivity index (χ2n) is 6.77. The van der Waals surface area contributed by atoms with Crippen molar-refractivity contribution >= 4 is 17.6 Å². The molecule has 140 valence electrons. The number of likely N-dealkylation sites (N-methyl/N-ethyl adjacent to an activating group) is 1. The summed E-state index contributed by atoms with van der Waals surface area (Å²) in [5.74, 6) is 0. The van der Waals surface area contributed by atoms with Crippen LogP contribution in [0, 0.1) is 0 Å². The predicted molar refractivity (Wildman–Crippen MR) is 99.8 cm³/mol. The van der Waals surface area contributed by atoms with Crippen LogP contribution in [0.1, 0.15) is 23.1 Å². The van der Waals surface area contributed by atoms with E-state index in [2.05, 4.69) is 10.4 Å². The van der Waals surface area contributed by atoms with Crippen LogP contribution in [0.3, 0.4) is 0 Å². The molecule has 0 fully saturated rings. The van der Waals surface area contributed by atoms with E-state index in [-0.39, 0.29) is 6.03 Å². The Morgan fingerprint density at radius 3 is 2.77 bits per heavy atom. The van der Waals surface area contributed by atoms with Crippen molar-refractivity contribution in [1.29, 1.82) is 0 Å². The van der Waals surface area contributed by atoms with Gasteiger partial charge in [-0.15, -0.1) is 0 Å². The zero-order valence-electron chi connectivity index (χ0n) is 15.0.